The minimum Gasteiger partial charge on any atom is -0.465 e. The fourth-order valence-electron chi connectivity index (χ4n) is 1.72. The van der Waals surface area contributed by atoms with Gasteiger partial charge in [0, 0.05) is 0 Å². The molecule has 23 heavy (non-hydrogen) atoms. The lowest BCUT2D eigenvalue weighted by atomic mass is 10.1. The lowest BCUT2D eigenvalue weighted by molar-refractivity contribution is 0.0601. The van der Waals surface area contributed by atoms with Gasteiger partial charge in [0.25, 0.3) is 0 Å². The summed E-state index contributed by atoms with van der Waals surface area (Å²) in [5.74, 6) is -1.31. The number of hydrogen-bond donors (Lipinski definition) is 2. The fourth-order valence-corrected chi connectivity index (χ4v) is 2.15. The van der Waals surface area contributed by atoms with Crippen molar-refractivity contribution in [3.63, 3.8) is 0 Å². The second kappa shape index (κ2) is 7.21. The van der Waals surface area contributed by atoms with Crippen molar-refractivity contribution in [2.75, 3.05) is 12.4 Å². The van der Waals surface area contributed by atoms with Gasteiger partial charge in [-0.3, -0.25) is 0 Å². The molecule has 0 radical (unpaired) electrons. The molecule has 0 bridgehead atoms. The molecule has 7 nitrogen and oxygen atoms in total. The Hall–Kier alpha value is -2.45. The quantitative estimate of drug-likeness (QED) is 0.217. The van der Waals surface area contributed by atoms with Crippen LogP contribution in [-0.4, -0.2) is 34.5 Å². The summed E-state index contributed by atoms with van der Waals surface area (Å²) in [5, 5.41) is 14.1. The number of hydrogen-bond acceptors (Lipinski definition) is 7. The van der Waals surface area contributed by atoms with E-state index in [1.54, 1.807) is 0 Å². The molecule has 0 atom stereocenters. The second-order valence-electron chi connectivity index (χ2n) is 4.10. The molecule has 1 aromatic carbocycles. The number of rotatable bonds is 4. The molecule has 0 spiro atoms. The Labute approximate surface area is 139 Å². The molecule has 1 aromatic heterocycles. The molecule has 0 aliphatic rings. The molecule has 1 heterocycles. The van der Waals surface area contributed by atoms with Gasteiger partial charge in [0.05, 0.1) is 30.1 Å². The number of nitrogens with one attached hydrogen (secondary N) is 1. The third-order valence-electron chi connectivity index (χ3n) is 2.70. The molecule has 0 amide bonds. The van der Waals surface area contributed by atoms with Crippen molar-refractivity contribution >= 4 is 46.9 Å². The SMILES string of the molecule is COC(=O)c1cc(F)ccc1Nc1nc(Cl)nc(Cl)c1/C=N/O. The Morgan fingerprint density at radius 3 is 2.83 bits per heavy atom. The van der Waals surface area contributed by atoms with Crippen molar-refractivity contribution in [3.05, 3.63) is 45.6 Å². The molecule has 2 rings (SSSR count). The minimum atomic E-state index is -0.754. The highest BCUT2D eigenvalue weighted by Gasteiger charge is 2.17. The van der Waals surface area contributed by atoms with E-state index in [4.69, 9.17) is 28.4 Å². The Kier molecular flexibility index (Phi) is 5.30. The summed E-state index contributed by atoms with van der Waals surface area (Å²) in [6.07, 6.45) is 0.988. The number of oxime groups is 1. The summed E-state index contributed by atoms with van der Waals surface area (Å²) in [6.45, 7) is 0. The summed E-state index contributed by atoms with van der Waals surface area (Å²) in [4.78, 5) is 19.4. The molecule has 0 fully saturated rings. The Morgan fingerprint density at radius 1 is 1.43 bits per heavy atom. The number of ether oxygens (including phenoxy) is 1. The van der Waals surface area contributed by atoms with Crippen molar-refractivity contribution < 1.29 is 19.1 Å². The molecule has 10 heteroatoms. The Morgan fingerprint density at radius 2 is 2.17 bits per heavy atom. The van der Waals surface area contributed by atoms with Gasteiger partial charge in [-0.1, -0.05) is 16.8 Å². The minimum absolute atomic E-state index is 0.0598. The van der Waals surface area contributed by atoms with Gasteiger partial charge in [-0.25, -0.2) is 14.2 Å². The molecule has 0 aliphatic carbocycles. The van der Waals surface area contributed by atoms with Crippen LogP contribution in [0.25, 0.3) is 0 Å². The van der Waals surface area contributed by atoms with E-state index in [0.717, 1.165) is 18.3 Å². The third kappa shape index (κ3) is 3.85. The van der Waals surface area contributed by atoms with Crippen LogP contribution in [0.3, 0.4) is 0 Å². The van der Waals surface area contributed by atoms with E-state index < -0.39 is 11.8 Å². The largest absolute Gasteiger partial charge is 0.465 e. The Bertz CT molecular complexity index is 786. The van der Waals surface area contributed by atoms with Crippen molar-refractivity contribution in [3.8, 4) is 0 Å². The van der Waals surface area contributed by atoms with Crippen LogP contribution in [0.5, 0.6) is 0 Å². The van der Waals surface area contributed by atoms with Crippen LogP contribution >= 0.6 is 23.2 Å². The molecule has 0 saturated heterocycles. The first-order valence-electron chi connectivity index (χ1n) is 6.01. The number of anilines is 2. The first kappa shape index (κ1) is 16.9. The van der Waals surface area contributed by atoms with Gasteiger partial charge in [-0.15, -0.1) is 0 Å². The number of aromatic nitrogens is 2. The highest BCUT2D eigenvalue weighted by Crippen LogP contribution is 2.27. The number of methoxy groups -OCH3 is 1. The van der Waals surface area contributed by atoms with Crippen LogP contribution in [0, 0.1) is 5.82 Å². The van der Waals surface area contributed by atoms with E-state index >= 15 is 0 Å². The molecular formula is C13H9Cl2FN4O3. The van der Waals surface area contributed by atoms with Gasteiger partial charge < -0.3 is 15.3 Å². The number of esters is 1. The zero-order chi connectivity index (χ0) is 17.0. The zero-order valence-corrected chi connectivity index (χ0v) is 13.1. The van der Waals surface area contributed by atoms with Gasteiger partial charge >= 0.3 is 5.97 Å². The first-order valence-corrected chi connectivity index (χ1v) is 6.77. The topological polar surface area (TPSA) is 96.7 Å². The summed E-state index contributed by atoms with van der Waals surface area (Å²) in [7, 11) is 1.17. The molecule has 120 valence electrons. The lowest BCUT2D eigenvalue weighted by Crippen LogP contribution is -2.09. The number of nitrogens with zero attached hydrogens (tertiary/aromatic N) is 3. The van der Waals surface area contributed by atoms with E-state index in [1.165, 1.54) is 13.2 Å². The number of benzene rings is 1. The number of halogens is 3. The predicted octanol–water partition coefficient (Wildman–Crippen LogP) is 3.26. The zero-order valence-electron chi connectivity index (χ0n) is 11.5. The van der Waals surface area contributed by atoms with E-state index in [0.29, 0.717) is 0 Å². The average molecular weight is 359 g/mol. The molecule has 0 unspecified atom stereocenters. The maximum absolute atomic E-state index is 13.4. The molecule has 2 aromatic rings. The molecule has 2 N–H and O–H groups in total. The van der Waals surface area contributed by atoms with Crippen LogP contribution in [0.4, 0.5) is 15.9 Å². The fraction of sp³-hybridized carbons (Fsp3) is 0.0769. The summed E-state index contributed by atoms with van der Waals surface area (Å²) in [5.41, 5.74) is 0.251. The highest BCUT2D eigenvalue weighted by molar-refractivity contribution is 6.34. The number of carbonyl (C=O) groups excluding carboxylic acids is 1. The molecular weight excluding hydrogens is 350 g/mol. The van der Waals surface area contributed by atoms with Crippen LogP contribution in [0.15, 0.2) is 23.4 Å². The van der Waals surface area contributed by atoms with Crippen molar-refractivity contribution in [2.45, 2.75) is 0 Å². The first-order chi connectivity index (χ1) is 11.0. The maximum atomic E-state index is 13.4. The standard InChI is InChI=1S/C13H9Cl2FN4O3/c1-23-12(21)7-4-6(16)2-3-9(7)18-11-8(5-17-22)10(14)19-13(15)20-11/h2-5,22H,1H3,(H,18,19,20)/b17-5+. The van der Waals surface area contributed by atoms with Gasteiger partial charge in [-0.05, 0) is 29.8 Å². The monoisotopic (exact) mass is 358 g/mol. The van der Waals surface area contributed by atoms with Crippen molar-refractivity contribution in [1.29, 1.82) is 0 Å². The third-order valence-corrected chi connectivity index (χ3v) is 3.16. The predicted molar refractivity (Wildman–Crippen MR) is 82.5 cm³/mol. The average Bonchev–Trinajstić information content (AvgIpc) is 2.51. The Balaban J connectivity index is 2.53. The van der Waals surface area contributed by atoms with Gasteiger partial charge in [0.2, 0.25) is 5.28 Å². The van der Waals surface area contributed by atoms with Crippen LogP contribution in [0.2, 0.25) is 10.4 Å². The van der Waals surface area contributed by atoms with Gasteiger partial charge in [0.15, 0.2) is 0 Å². The van der Waals surface area contributed by atoms with Gasteiger partial charge in [0.1, 0.15) is 16.8 Å². The van der Waals surface area contributed by atoms with Crippen LogP contribution in [0.1, 0.15) is 15.9 Å². The van der Waals surface area contributed by atoms with E-state index in [2.05, 4.69) is 25.2 Å². The molecule has 0 saturated carbocycles. The smallest absolute Gasteiger partial charge is 0.340 e. The summed E-state index contributed by atoms with van der Waals surface area (Å²) >= 11 is 11.6. The van der Waals surface area contributed by atoms with Crippen LogP contribution in [-0.2, 0) is 4.74 Å². The van der Waals surface area contributed by atoms with E-state index in [9.17, 15) is 9.18 Å². The van der Waals surface area contributed by atoms with Crippen molar-refractivity contribution in [2.24, 2.45) is 5.16 Å². The summed E-state index contributed by atoms with van der Waals surface area (Å²) < 4.78 is 18.0. The molecule has 0 aliphatic heterocycles. The second-order valence-corrected chi connectivity index (χ2v) is 4.79. The van der Waals surface area contributed by atoms with Crippen LogP contribution < -0.4 is 5.32 Å². The number of carbonyl (C=O) groups is 1. The lowest BCUT2D eigenvalue weighted by Gasteiger charge is -2.12. The highest BCUT2D eigenvalue weighted by atomic mass is 35.5. The maximum Gasteiger partial charge on any atom is 0.340 e. The normalized spacial score (nSPS) is 10.8. The van der Waals surface area contributed by atoms with Gasteiger partial charge in [-0.2, -0.15) is 4.98 Å². The van der Waals surface area contributed by atoms with E-state index in [1.807, 2.05) is 0 Å². The van der Waals surface area contributed by atoms with E-state index in [-0.39, 0.29) is 33.1 Å². The summed E-state index contributed by atoms with van der Waals surface area (Å²) in [6, 6.07) is 3.45. The van der Waals surface area contributed by atoms with Crippen molar-refractivity contribution in [1.82, 2.24) is 9.97 Å².